The van der Waals surface area contributed by atoms with Gasteiger partial charge in [0.05, 0.1) is 11.4 Å². The zero-order chi connectivity index (χ0) is 13.3. The van der Waals surface area contributed by atoms with E-state index in [1.807, 2.05) is 6.92 Å². The summed E-state index contributed by atoms with van der Waals surface area (Å²) in [6, 6.07) is 4.83. The molecule has 2 aromatic rings. The maximum absolute atomic E-state index is 12.1. The Bertz CT molecular complexity index is 677. The van der Waals surface area contributed by atoms with Crippen LogP contribution in [0.5, 0.6) is 0 Å². The zero-order valence-electron chi connectivity index (χ0n) is 9.97. The number of nitrogens with one attached hydrogen (secondary N) is 1. The number of anilines is 2. The van der Waals surface area contributed by atoms with Crippen molar-refractivity contribution in [2.24, 2.45) is 0 Å². The first kappa shape index (κ1) is 12.8. The van der Waals surface area contributed by atoms with Gasteiger partial charge in [-0.25, -0.2) is 13.4 Å². The summed E-state index contributed by atoms with van der Waals surface area (Å²) in [5.74, 6) is 0. The van der Waals surface area contributed by atoms with Crippen LogP contribution in [-0.4, -0.2) is 13.4 Å². The van der Waals surface area contributed by atoms with Gasteiger partial charge in [0.15, 0.2) is 5.13 Å². The second kappa shape index (κ2) is 4.58. The van der Waals surface area contributed by atoms with Gasteiger partial charge in [-0.05, 0) is 31.5 Å². The number of nitrogens with two attached hydrogens (primary N) is 1. The molecule has 0 radical (unpaired) electrons. The fraction of sp³-hybridized carbons (Fsp3) is 0.182. The number of rotatable bonds is 3. The van der Waals surface area contributed by atoms with Crippen molar-refractivity contribution in [3.8, 4) is 0 Å². The van der Waals surface area contributed by atoms with Gasteiger partial charge in [-0.3, -0.25) is 4.72 Å². The van der Waals surface area contributed by atoms with Crippen molar-refractivity contribution >= 4 is 32.2 Å². The van der Waals surface area contributed by atoms with Gasteiger partial charge in [-0.15, -0.1) is 11.3 Å². The minimum atomic E-state index is -3.67. The number of benzene rings is 1. The zero-order valence-corrected chi connectivity index (χ0v) is 11.6. The van der Waals surface area contributed by atoms with Crippen LogP contribution in [0.2, 0.25) is 0 Å². The van der Waals surface area contributed by atoms with Crippen molar-refractivity contribution in [3.63, 3.8) is 0 Å². The van der Waals surface area contributed by atoms with E-state index in [1.54, 1.807) is 24.4 Å². The summed E-state index contributed by atoms with van der Waals surface area (Å²) in [5.41, 5.74) is 7.65. The van der Waals surface area contributed by atoms with Gasteiger partial charge in [0.1, 0.15) is 4.90 Å². The third-order valence-electron chi connectivity index (χ3n) is 2.30. The standard InChI is InChI=1S/C11H13N3O2S2/c1-7-3-4-10(9(12)5-7)18(15,16)14-11-13-8(2)6-17-11/h3-6H,12H2,1-2H3,(H,13,14). The number of nitrogen functional groups attached to an aromatic ring is 1. The minimum Gasteiger partial charge on any atom is -0.398 e. The topological polar surface area (TPSA) is 85.1 Å². The lowest BCUT2D eigenvalue weighted by atomic mass is 10.2. The van der Waals surface area contributed by atoms with E-state index in [-0.39, 0.29) is 10.6 Å². The average Bonchev–Trinajstić information content (AvgIpc) is 2.62. The molecular formula is C11H13N3O2S2. The summed E-state index contributed by atoms with van der Waals surface area (Å²) in [5, 5.41) is 2.11. The molecule has 5 nitrogen and oxygen atoms in total. The first-order chi connectivity index (χ1) is 8.38. The van der Waals surface area contributed by atoms with Gasteiger partial charge < -0.3 is 5.73 Å². The van der Waals surface area contributed by atoms with Gasteiger partial charge in [-0.2, -0.15) is 0 Å². The monoisotopic (exact) mass is 283 g/mol. The van der Waals surface area contributed by atoms with Crippen LogP contribution in [0, 0.1) is 13.8 Å². The number of nitrogens with zero attached hydrogens (tertiary/aromatic N) is 1. The molecule has 0 aliphatic carbocycles. The van der Waals surface area contributed by atoms with Crippen LogP contribution in [0.3, 0.4) is 0 Å². The lowest BCUT2D eigenvalue weighted by Gasteiger charge is -2.08. The first-order valence-electron chi connectivity index (χ1n) is 5.19. The molecule has 0 unspecified atom stereocenters. The molecule has 0 amide bonds. The summed E-state index contributed by atoms with van der Waals surface area (Å²) in [6.45, 7) is 3.65. The molecule has 7 heteroatoms. The second-order valence-corrected chi connectivity index (χ2v) is 6.45. The molecule has 0 saturated heterocycles. The first-order valence-corrected chi connectivity index (χ1v) is 7.56. The van der Waals surface area contributed by atoms with E-state index in [2.05, 4.69) is 9.71 Å². The molecule has 1 aromatic heterocycles. The highest BCUT2D eigenvalue weighted by Crippen LogP contribution is 2.24. The molecule has 0 saturated carbocycles. The molecule has 1 heterocycles. The number of aromatic nitrogens is 1. The lowest BCUT2D eigenvalue weighted by molar-refractivity contribution is 0.601. The highest BCUT2D eigenvalue weighted by Gasteiger charge is 2.18. The van der Waals surface area contributed by atoms with E-state index in [1.165, 1.54) is 17.4 Å². The Morgan fingerprint density at radius 2 is 2.06 bits per heavy atom. The highest BCUT2D eigenvalue weighted by molar-refractivity contribution is 7.93. The molecule has 0 aliphatic heterocycles. The van der Waals surface area contributed by atoms with Gasteiger partial charge >= 0.3 is 0 Å². The van der Waals surface area contributed by atoms with Crippen molar-refractivity contribution in [1.29, 1.82) is 0 Å². The van der Waals surface area contributed by atoms with E-state index < -0.39 is 10.0 Å². The number of thiazole rings is 1. The van der Waals surface area contributed by atoms with Crippen LogP contribution in [-0.2, 0) is 10.0 Å². The SMILES string of the molecule is Cc1ccc(S(=O)(=O)Nc2nc(C)cs2)c(N)c1. The Kier molecular flexibility index (Phi) is 3.27. The Hall–Kier alpha value is -1.60. The summed E-state index contributed by atoms with van der Waals surface area (Å²) >= 11 is 1.24. The molecule has 2 rings (SSSR count). The number of hydrogen-bond acceptors (Lipinski definition) is 5. The van der Waals surface area contributed by atoms with Crippen LogP contribution in [0.15, 0.2) is 28.5 Å². The fourth-order valence-electron chi connectivity index (χ4n) is 1.48. The van der Waals surface area contributed by atoms with Crippen molar-refractivity contribution in [2.45, 2.75) is 18.7 Å². The quantitative estimate of drug-likeness (QED) is 0.845. The smallest absolute Gasteiger partial charge is 0.265 e. The van der Waals surface area contributed by atoms with E-state index in [9.17, 15) is 8.42 Å². The number of hydrogen-bond donors (Lipinski definition) is 2. The second-order valence-electron chi connectivity index (χ2n) is 3.94. The number of aryl methyl sites for hydroxylation is 2. The van der Waals surface area contributed by atoms with Crippen molar-refractivity contribution in [1.82, 2.24) is 4.98 Å². The summed E-state index contributed by atoms with van der Waals surface area (Å²) in [6.07, 6.45) is 0. The molecule has 18 heavy (non-hydrogen) atoms. The van der Waals surface area contributed by atoms with Crippen LogP contribution >= 0.6 is 11.3 Å². The number of sulfonamides is 1. The Morgan fingerprint density at radius 3 is 2.61 bits per heavy atom. The molecule has 96 valence electrons. The molecule has 1 aromatic carbocycles. The third kappa shape index (κ3) is 2.62. The van der Waals surface area contributed by atoms with Crippen molar-refractivity contribution in [2.75, 3.05) is 10.5 Å². The molecule has 3 N–H and O–H groups in total. The fourth-order valence-corrected chi connectivity index (χ4v) is 3.54. The van der Waals surface area contributed by atoms with Crippen LogP contribution in [0.1, 0.15) is 11.3 Å². The molecule has 0 bridgehead atoms. The van der Waals surface area contributed by atoms with E-state index in [0.717, 1.165) is 11.3 Å². The van der Waals surface area contributed by atoms with Crippen LogP contribution in [0.25, 0.3) is 0 Å². The maximum Gasteiger partial charge on any atom is 0.265 e. The molecule has 0 atom stereocenters. The Labute approximate surface area is 110 Å². The van der Waals surface area contributed by atoms with Crippen LogP contribution < -0.4 is 10.5 Å². The Morgan fingerprint density at radius 1 is 1.33 bits per heavy atom. The van der Waals surface area contributed by atoms with Crippen LogP contribution in [0.4, 0.5) is 10.8 Å². The van der Waals surface area contributed by atoms with E-state index in [0.29, 0.717) is 5.13 Å². The van der Waals surface area contributed by atoms with Gasteiger partial charge in [0, 0.05) is 5.38 Å². The van der Waals surface area contributed by atoms with Gasteiger partial charge in [0.25, 0.3) is 10.0 Å². The minimum absolute atomic E-state index is 0.0703. The summed E-state index contributed by atoms with van der Waals surface area (Å²) in [4.78, 5) is 4.13. The van der Waals surface area contributed by atoms with E-state index in [4.69, 9.17) is 5.73 Å². The Balaban J connectivity index is 2.36. The predicted octanol–water partition coefficient (Wildman–Crippen LogP) is 2.14. The van der Waals surface area contributed by atoms with Gasteiger partial charge in [0.2, 0.25) is 0 Å². The molecule has 0 fully saturated rings. The van der Waals surface area contributed by atoms with Crippen molar-refractivity contribution < 1.29 is 8.42 Å². The molecule has 0 spiro atoms. The molecular weight excluding hydrogens is 270 g/mol. The highest BCUT2D eigenvalue weighted by atomic mass is 32.2. The van der Waals surface area contributed by atoms with Gasteiger partial charge in [-0.1, -0.05) is 6.07 Å². The summed E-state index contributed by atoms with van der Waals surface area (Å²) in [7, 11) is -3.67. The molecule has 0 aliphatic rings. The summed E-state index contributed by atoms with van der Waals surface area (Å²) < 4.78 is 26.7. The predicted molar refractivity (Wildman–Crippen MR) is 73.3 cm³/mol. The van der Waals surface area contributed by atoms with Crippen molar-refractivity contribution in [3.05, 3.63) is 34.8 Å². The largest absolute Gasteiger partial charge is 0.398 e. The average molecular weight is 283 g/mol. The maximum atomic E-state index is 12.1. The lowest BCUT2D eigenvalue weighted by Crippen LogP contribution is -2.14. The third-order valence-corrected chi connectivity index (χ3v) is 4.71. The van der Waals surface area contributed by atoms with E-state index >= 15 is 0 Å². The normalized spacial score (nSPS) is 11.4.